The SMILES string of the molecule is CCC(N)(CC)C(=O)NCc1cccc2cccnc12. The number of pyridine rings is 1. The molecule has 0 radical (unpaired) electrons. The number of carbonyl (C=O) groups excluding carboxylic acids is 1. The number of amides is 1. The van der Waals surface area contributed by atoms with Crippen molar-refractivity contribution in [3.05, 3.63) is 42.1 Å². The molecule has 4 nitrogen and oxygen atoms in total. The van der Waals surface area contributed by atoms with Crippen LogP contribution in [0.4, 0.5) is 0 Å². The number of benzene rings is 1. The quantitative estimate of drug-likeness (QED) is 0.877. The minimum atomic E-state index is -0.780. The average Bonchev–Trinajstić information content (AvgIpc) is 2.51. The minimum absolute atomic E-state index is 0.101. The minimum Gasteiger partial charge on any atom is -0.350 e. The van der Waals surface area contributed by atoms with Crippen LogP contribution in [0.2, 0.25) is 0 Å². The van der Waals surface area contributed by atoms with Gasteiger partial charge in [0.2, 0.25) is 5.91 Å². The van der Waals surface area contributed by atoms with Crippen LogP contribution < -0.4 is 11.1 Å². The van der Waals surface area contributed by atoms with Gasteiger partial charge in [0.1, 0.15) is 0 Å². The summed E-state index contributed by atoms with van der Waals surface area (Å²) in [4.78, 5) is 16.6. The third kappa shape index (κ3) is 2.80. The molecular weight excluding hydrogens is 250 g/mol. The van der Waals surface area contributed by atoms with E-state index in [-0.39, 0.29) is 5.91 Å². The first kappa shape index (κ1) is 14.5. The van der Waals surface area contributed by atoms with E-state index < -0.39 is 5.54 Å². The molecule has 0 saturated carbocycles. The molecule has 106 valence electrons. The van der Waals surface area contributed by atoms with Crippen molar-refractivity contribution in [2.75, 3.05) is 0 Å². The summed E-state index contributed by atoms with van der Waals surface area (Å²) in [6.07, 6.45) is 3.02. The van der Waals surface area contributed by atoms with Crippen LogP contribution >= 0.6 is 0 Å². The molecular formula is C16H21N3O. The molecule has 0 fully saturated rings. The zero-order chi connectivity index (χ0) is 14.6. The molecule has 2 rings (SSSR count). The summed E-state index contributed by atoms with van der Waals surface area (Å²) in [6.45, 7) is 4.32. The first-order valence-corrected chi connectivity index (χ1v) is 7.00. The van der Waals surface area contributed by atoms with Crippen LogP contribution in [0, 0.1) is 0 Å². The van der Waals surface area contributed by atoms with Gasteiger partial charge in [0.05, 0.1) is 11.1 Å². The molecule has 4 heteroatoms. The first-order valence-electron chi connectivity index (χ1n) is 7.00. The van der Waals surface area contributed by atoms with Crippen molar-refractivity contribution < 1.29 is 4.79 Å². The van der Waals surface area contributed by atoms with Gasteiger partial charge >= 0.3 is 0 Å². The van der Waals surface area contributed by atoms with Gasteiger partial charge < -0.3 is 11.1 Å². The van der Waals surface area contributed by atoms with E-state index in [9.17, 15) is 4.79 Å². The zero-order valence-corrected chi connectivity index (χ0v) is 12.0. The number of hydrogen-bond acceptors (Lipinski definition) is 3. The van der Waals surface area contributed by atoms with E-state index in [1.54, 1.807) is 6.20 Å². The molecule has 0 spiro atoms. The summed E-state index contributed by atoms with van der Waals surface area (Å²) in [5.41, 5.74) is 7.24. The Morgan fingerprint density at radius 2 is 1.95 bits per heavy atom. The number of nitrogens with one attached hydrogen (secondary N) is 1. The molecule has 0 saturated heterocycles. The average molecular weight is 271 g/mol. The predicted molar refractivity (Wildman–Crippen MR) is 81.1 cm³/mol. The van der Waals surface area contributed by atoms with Crippen LogP contribution in [0.5, 0.6) is 0 Å². The molecule has 0 aliphatic rings. The van der Waals surface area contributed by atoms with Crippen molar-refractivity contribution >= 4 is 16.8 Å². The summed E-state index contributed by atoms with van der Waals surface area (Å²) in [6, 6.07) is 9.88. The Bertz CT molecular complexity index is 600. The maximum Gasteiger partial charge on any atom is 0.240 e. The summed E-state index contributed by atoms with van der Waals surface area (Å²) < 4.78 is 0. The van der Waals surface area contributed by atoms with Gasteiger partial charge in [-0.05, 0) is 24.5 Å². The third-order valence-corrected chi connectivity index (χ3v) is 3.87. The molecule has 0 bridgehead atoms. The molecule has 1 heterocycles. The van der Waals surface area contributed by atoms with Crippen LogP contribution in [-0.4, -0.2) is 16.4 Å². The van der Waals surface area contributed by atoms with E-state index in [0.717, 1.165) is 16.5 Å². The second-order valence-electron chi connectivity index (χ2n) is 5.04. The maximum atomic E-state index is 12.2. The number of nitrogens with zero attached hydrogens (tertiary/aromatic N) is 1. The number of rotatable bonds is 5. The van der Waals surface area contributed by atoms with Crippen molar-refractivity contribution in [2.45, 2.75) is 38.8 Å². The van der Waals surface area contributed by atoms with Gasteiger partial charge in [-0.25, -0.2) is 0 Å². The summed E-state index contributed by atoms with van der Waals surface area (Å²) >= 11 is 0. The Labute approximate surface area is 119 Å². The Hall–Kier alpha value is -1.94. The second kappa shape index (κ2) is 6.01. The Morgan fingerprint density at radius 3 is 2.65 bits per heavy atom. The summed E-state index contributed by atoms with van der Waals surface area (Å²) in [5.74, 6) is -0.101. The fourth-order valence-electron chi connectivity index (χ4n) is 2.23. The summed E-state index contributed by atoms with van der Waals surface area (Å²) in [7, 11) is 0. The van der Waals surface area contributed by atoms with Crippen LogP contribution in [-0.2, 0) is 11.3 Å². The largest absolute Gasteiger partial charge is 0.350 e. The van der Waals surface area contributed by atoms with Gasteiger partial charge in [-0.15, -0.1) is 0 Å². The predicted octanol–water partition coefficient (Wildman–Crippen LogP) is 2.37. The van der Waals surface area contributed by atoms with Crippen molar-refractivity contribution in [2.24, 2.45) is 5.73 Å². The van der Waals surface area contributed by atoms with E-state index in [4.69, 9.17) is 5.73 Å². The van der Waals surface area contributed by atoms with Crippen LogP contribution in [0.3, 0.4) is 0 Å². The van der Waals surface area contributed by atoms with Gasteiger partial charge in [-0.3, -0.25) is 9.78 Å². The highest BCUT2D eigenvalue weighted by Gasteiger charge is 2.29. The molecule has 1 amide bonds. The fourth-order valence-corrected chi connectivity index (χ4v) is 2.23. The lowest BCUT2D eigenvalue weighted by Crippen LogP contribution is -2.52. The maximum absolute atomic E-state index is 12.2. The fraction of sp³-hybridized carbons (Fsp3) is 0.375. The van der Waals surface area contributed by atoms with Gasteiger partial charge in [0.15, 0.2) is 0 Å². The van der Waals surface area contributed by atoms with E-state index in [1.807, 2.05) is 44.2 Å². The highest BCUT2D eigenvalue weighted by Crippen LogP contribution is 2.16. The monoisotopic (exact) mass is 271 g/mol. The molecule has 3 N–H and O–H groups in total. The number of fused-ring (bicyclic) bond motifs is 1. The lowest BCUT2D eigenvalue weighted by molar-refractivity contribution is -0.126. The van der Waals surface area contributed by atoms with E-state index in [1.165, 1.54) is 0 Å². The van der Waals surface area contributed by atoms with Gasteiger partial charge in [0.25, 0.3) is 0 Å². The lowest BCUT2D eigenvalue weighted by atomic mass is 9.93. The van der Waals surface area contributed by atoms with Crippen molar-refractivity contribution in [3.8, 4) is 0 Å². The van der Waals surface area contributed by atoms with E-state index in [2.05, 4.69) is 10.3 Å². The number of para-hydroxylation sites is 1. The van der Waals surface area contributed by atoms with Crippen LogP contribution in [0.25, 0.3) is 10.9 Å². The topological polar surface area (TPSA) is 68.0 Å². The number of nitrogens with two attached hydrogens (primary N) is 1. The third-order valence-electron chi connectivity index (χ3n) is 3.87. The molecule has 2 aromatic rings. The lowest BCUT2D eigenvalue weighted by Gasteiger charge is -2.25. The van der Waals surface area contributed by atoms with Crippen molar-refractivity contribution in [1.82, 2.24) is 10.3 Å². The Balaban J connectivity index is 2.16. The second-order valence-corrected chi connectivity index (χ2v) is 5.04. The van der Waals surface area contributed by atoms with E-state index >= 15 is 0 Å². The van der Waals surface area contributed by atoms with E-state index in [0.29, 0.717) is 19.4 Å². The van der Waals surface area contributed by atoms with Crippen molar-refractivity contribution in [1.29, 1.82) is 0 Å². The summed E-state index contributed by atoms with van der Waals surface area (Å²) in [5, 5.41) is 4.00. The Kier molecular flexibility index (Phi) is 4.35. The zero-order valence-electron chi connectivity index (χ0n) is 12.0. The molecule has 0 atom stereocenters. The molecule has 0 unspecified atom stereocenters. The number of hydrogen-bond donors (Lipinski definition) is 2. The van der Waals surface area contributed by atoms with Gasteiger partial charge in [-0.2, -0.15) is 0 Å². The van der Waals surface area contributed by atoms with Gasteiger partial charge in [-0.1, -0.05) is 38.1 Å². The molecule has 1 aromatic carbocycles. The molecule has 1 aromatic heterocycles. The highest BCUT2D eigenvalue weighted by atomic mass is 16.2. The smallest absolute Gasteiger partial charge is 0.240 e. The molecule has 0 aliphatic heterocycles. The highest BCUT2D eigenvalue weighted by molar-refractivity contribution is 5.87. The molecule has 0 aliphatic carbocycles. The van der Waals surface area contributed by atoms with Crippen LogP contribution in [0.15, 0.2) is 36.5 Å². The van der Waals surface area contributed by atoms with Crippen LogP contribution in [0.1, 0.15) is 32.3 Å². The Morgan fingerprint density at radius 1 is 1.25 bits per heavy atom. The van der Waals surface area contributed by atoms with Crippen molar-refractivity contribution in [3.63, 3.8) is 0 Å². The first-order chi connectivity index (χ1) is 9.60. The van der Waals surface area contributed by atoms with Gasteiger partial charge in [0, 0.05) is 18.1 Å². The number of carbonyl (C=O) groups is 1. The molecule has 20 heavy (non-hydrogen) atoms. The standard InChI is InChI=1S/C16H21N3O/c1-3-16(17,4-2)15(20)19-11-13-8-5-7-12-9-6-10-18-14(12)13/h5-10H,3-4,11,17H2,1-2H3,(H,19,20). The number of aromatic nitrogens is 1. The normalized spacial score (nSPS) is 11.6.